The lowest BCUT2D eigenvalue weighted by Crippen LogP contribution is -2.39. The summed E-state index contributed by atoms with van der Waals surface area (Å²) in [5, 5.41) is 20.1. The number of imide groups is 1. The number of Topliss-reactive ketones (excluding diaryl/α,β-unsaturated/α-hetero) is 1. The molecule has 0 aromatic heterocycles. The molecule has 1 aliphatic heterocycles. The Morgan fingerprint density at radius 2 is 1.74 bits per heavy atom. The number of fused-ring (bicyclic) bond motifs is 3. The van der Waals surface area contributed by atoms with Gasteiger partial charge in [-0.15, -0.1) is 0 Å². The van der Waals surface area contributed by atoms with Crippen LogP contribution in [0.1, 0.15) is 34.7 Å². The number of aromatic hydroxyl groups is 1. The first kappa shape index (κ1) is 24.2. The molecule has 0 bridgehead atoms. The minimum absolute atomic E-state index is 0.0390. The van der Waals surface area contributed by atoms with Crippen LogP contribution in [0.15, 0.2) is 81.9 Å². The number of phenolic OH excluding ortho intramolecular Hbond substituents is 1. The number of ketones is 2. The number of aromatic carboxylic acids is 1. The van der Waals surface area contributed by atoms with Gasteiger partial charge in [0.15, 0.2) is 11.6 Å². The summed E-state index contributed by atoms with van der Waals surface area (Å²) in [7, 11) is 0. The molecule has 0 spiro atoms. The van der Waals surface area contributed by atoms with Crippen LogP contribution in [0.3, 0.4) is 0 Å². The minimum Gasteiger partial charge on any atom is -0.508 e. The summed E-state index contributed by atoms with van der Waals surface area (Å²) in [6.45, 7) is 0. The van der Waals surface area contributed by atoms with E-state index in [2.05, 4.69) is 15.9 Å². The van der Waals surface area contributed by atoms with Crippen LogP contribution in [0.25, 0.3) is 0 Å². The summed E-state index contributed by atoms with van der Waals surface area (Å²) in [5.41, 5.74) is 1.85. The number of benzene rings is 2. The van der Waals surface area contributed by atoms with Crippen LogP contribution >= 0.6 is 15.9 Å². The summed E-state index contributed by atoms with van der Waals surface area (Å²) < 4.78 is 0.123. The van der Waals surface area contributed by atoms with Gasteiger partial charge in [-0.05, 0) is 59.0 Å². The molecular formula is C29H20BrNO7. The third-order valence-electron chi connectivity index (χ3n) is 7.93. The molecule has 2 amide bonds. The molecule has 2 aromatic rings. The minimum atomic E-state index is -1.18. The number of allylic oxidation sites excluding steroid dienone is 6. The van der Waals surface area contributed by atoms with Crippen molar-refractivity contribution >= 4 is 51.0 Å². The number of rotatable bonds is 3. The number of halogens is 1. The molecule has 2 N–H and O–H groups in total. The number of carbonyl (C=O) groups excluding carboxylic acids is 4. The Morgan fingerprint density at radius 3 is 2.47 bits per heavy atom. The summed E-state index contributed by atoms with van der Waals surface area (Å²) in [6, 6.07) is 12.3. The Bertz CT molecular complexity index is 1580. The van der Waals surface area contributed by atoms with Crippen molar-refractivity contribution < 1.29 is 34.2 Å². The normalized spacial score (nSPS) is 26.5. The molecule has 8 nitrogen and oxygen atoms in total. The maximum absolute atomic E-state index is 13.9. The largest absolute Gasteiger partial charge is 0.508 e. The number of amides is 2. The Hall–Kier alpha value is -4.11. The summed E-state index contributed by atoms with van der Waals surface area (Å²) >= 11 is 3.19. The Kier molecular flexibility index (Phi) is 5.57. The molecule has 9 heteroatoms. The fourth-order valence-electron chi connectivity index (χ4n) is 6.33. The van der Waals surface area contributed by atoms with Crippen LogP contribution in [-0.4, -0.2) is 39.6 Å². The Morgan fingerprint density at radius 1 is 0.974 bits per heavy atom. The van der Waals surface area contributed by atoms with E-state index in [-0.39, 0.29) is 57.0 Å². The second kappa shape index (κ2) is 8.73. The Balaban J connectivity index is 1.48. The second-order valence-corrected chi connectivity index (χ2v) is 10.7. The highest BCUT2D eigenvalue weighted by molar-refractivity contribution is 9.12. The van der Waals surface area contributed by atoms with Gasteiger partial charge in [0.05, 0.1) is 27.6 Å². The predicted octanol–water partition coefficient (Wildman–Crippen LogP) is 4.06. The molecule has 1 fully saturated rings. The number of nitrogens with zero attached hydrogens (tertiary/aromatic N) is 1. The van der Waals surface area contributed by atoms with E-state index in [1.807, 2.05) is 6.08 Å². The van der Waals surface area contributed by atoms with Crippen molar-refractivity contribution in [2.24, 2.45) is 17.8 Å². The van der Waals surface area contributed by atoms with E-state index in [1.54, 1.807) is 18.2 Å². The molecule has 2 aromatic carbocycles. The molecule has 38 heavy (non-hydrogen) atoms. The topological polar surface area (TPSA) is 129 Å². The molecule has 0 unspecified atom stereocenters. The number of carboxylic acid groups (broad SMARTS) is 1. The fraction of sp³-hybridized carbons (Fsp3) is 0.207. The molecule has 0 radical (unpaired) electrons. The van der Waals surface area contributed by atoms with Gasteiger partial charge in [0.2, 0.25) is 11.8 Å². The molecule has 4 aliphatic rings. The van der Waals surface area contributed by atoms with E-state index in [1.165, 1.54) is 36.4 Å². The molecule has 190 valence electrons. The number of carboxylic acids is 1. The third-order valence-corrected chi connectivity index (χ3v) is 8.52. The lowest BCUT2D eigenvalue weighted by atomic mass is 9.59. The number of hydrogen-bond acceptors (Lipinski definition) is 6. The zero-order chi connectivity index (χ0) is 26.9. The molecular weight excluding hydrogens is 554 g/mol. The average molecular weight is 574 g/mol. The van der Waals surface area contributed by atoms with Gasteiger partial charge in [0.1, 0.15) is 5.75 Å². The van der Waals surface area contributed by atoms with Crippen molar-refractivity contribution in [1.82, 2.24) is 0 Å². The van der Waals surface area contributed by atoms with Crippen molar-refractivity contribution in [1.29, 1.82) is 0 Å². The number of phenols is 1. The molecule has 3 aliphatic carbocycles. The van der Waals surface area contributed by atoms with Crippen LogP contribution < -0.4 is 4.90 Å². The first-order valence-corrected chi connectivity index (χ1v) is 12.9. The van der Waals surface area contributed by atoms with E-state index in [0.717, 1.165) is 10.5 Å². The van der Waals surface area contributed by atoms with Crippen molar-refractivity contribution in [2.45, 2.75) is 18.8 Å². The van der Waals surface area contributed by atoms with Gasteiger partial charge in [-0.3, -0.25) is 24.1 Å². The quantitative estimate of drug-likeness (QED) is 0.322. The molecule has 1 saturated heterocycles. The van der Waals surface area contributed by atoms with Crippen molar-refractivity contribution in [3.63, 3.8) is 0 Å². The van der Waals surface area contributed by atoms with Crippen molar-refractivity contribution in [3.05, 3.63) is 93.0 Å². The highest BCUT2D eigenvalue weighted by Crippen LogP contribution is 2.56. The summed E-state index contributed by atoms with van der Waals surface area (Å²) in [4.78, 5) is 66.4. The van der Waals surface area contributed by atoms with Gasteiger partial charge < -0.3 is 10.2 Å². The summed E-state index contributed by atoms with van der Waals surface area (Å²) in [5.74, 6) is -5.61. The van der Waals surface area contributed by atoms with Crippen molar-refractivity contribution in [3.8, 4) is 5.75 Å². The highest BCUT2D eigenvalue weighted by Gasteiger charge is 2.56. The number of carbonyl (C=O) groups is 5. The van der Waals surface area contributed by atoms with Crippen LogP contribution in [0.4, 0.5) is 5.69 Å². The maximum atomic E-state index is 13.9. The fourth-order valence-corrected chi connectivity index (χ4v) is 6.77. The standard InChI is InChI=1S/C29H20BrNO7/c30-20-12-22(33)25-19(26(20)34)11-18-15(23(25)16-6-1-2-7-21(16)32)8-9-17-24(18)28(36)31(27(17)35)14-5-3-4-13(10-14)29(37)38/h1-8,10,12,17-18,23-24,32H,9,11H2,(H,37,38)/t17-,18+,23+,24-/m0/s1. The van der Waals surface area contributed by atoms with E-state index in [9.17, 15) is 34.2 Å². The van der Waals surface area contributed by atoms with E-state index in [4.69, 9.17) is 0 Å². The van der Waals surface area contributed by atoms with E-state index >= 15 is 0 Å². The predicted molar refractivity (Wildman–Crippen MR) is 139 cm³/mol. The lowest BCUT2D eigenvalue weighted by molar-refractivity contribution is -0.123. The lowest BCUT2D eigenvalue weighted by Gasteiger charge is -2.42. The van der Waals surface area contributed by atoms with Gasteiger partial charge in [0, 0.05) is 28.7 Å². The van der Waals surface area contributed by atoms with Crippen molar-refractivity contribution in [2.75, 3.05) is 4.90 Å². The molecule has 6 rings (SSSR count). The second-order valence-electron chi connectivity index (χ2n) is 9.82. The maximum Gasteiger partial charge on any atom is 0.335 e. The van der Waals surface area contributed by atoms with Crippen LogP contribution in [0.5, 0.6) is 5.75 Å². The zero-order valence-electron chi connectivity index (χ0n) is 19.8. The Labute approximate surface area is 225 Å². The van der Waals surface area contributed by atoms with Gasteiger partial charge in [-0.25, -0.2) is 4.79 Å². The molecule has 1 heterocycles. The first-order valence-electron chi connectivity index (χ1n) is 12.1. The smallest absolute Gasteiger partial charge is 0.335 e. The first-order chi connectivity index (χ1) is 18.2. The zero-order valence-corrected chi connectivity index (χ0v) is 21.3. The van der Waals surface area contributed by atoms with Gasteiger partial charge >= 0.3 is 5.97 Å². The van der Waals surface area contributed by atoms with Gasteiger partial charge in [-0.1, -0.05) is 35.9 Å². The average Bonchev–Trinajstić information content (AvgIpc) is 3.16. The van der Waals surface area contributed by atoms with Crippen LogP contribution in [0, 0.1) is 17.8 Å². The molecule has 0 saturated carbocycles. The highest BCUT2D eigenvalue weighted by atomic mass is 79.9. The third kappa shape index (κ3) is 3.45. The monoisotopic (exact) mass is 573 g/mol. The van der Waals surface area contributed by atoms with Crippen LogP contribution in [-0.2, 0) is 19.2 Å². The van der Waals surface area contributed by atoms with Crippen LogP contribution in [0.2, 0.25) is 0 Å². The van der Waals surface area contributed by atoms with Gasteiger partial charge in [0.25, 0.3) is 0 Å². The SMILES string of the molecule is O=C1C=C(Br)C(=O)C2=C1[C@@H](c1ccccc1O)C1=CC[C@@H]3C(=O)N(c4cccc(C(=O)O)c4)C(=O)[C@@H]3[C@@H]1C2. The number of anilines is 1. The van der Waals surface area contributed by atoms with Gasteiger partial charge in [-0.2, -0.15) is 0 Å². The molecule has 4 atom stereocenters. The van der Waals surface area contributed by atoms with E-state index in [0.29, 0.717) is 5.56 Å². The number of hydrogen-bond donors (Lipinski definition) is 2. The summed E-state index contributed by atoms with van der Waals surface area (Å²) in [6.07, 6.45) is 3.44. The number of para-hydroxylation sites is 1. The van der Waals surface area contributed by atoms with E-state index < -0.39 is 41.5 Å².